The van der Waals surface area contributed by atoms with Gasteiger partial charge in [0.1, 0.15) is 5.76 Å². The van der Waals surface area contributed by atoms with Crippen LogP contribution in [0.3, 0.4) is 0 Å². The summed E-state index contributed by atoms with van der Waals surface area (Å²) < 4.78 is 32.4. The minimum atomic E-state index is -3.51. The number of nitrogens with one attached hydrogen (secondary N) is 2. The third-order valence-corrected chi connectivity index (χ3v) is 4.59. The van der Waals surface area contributed by atoms with E-state index in [4.69, 9.17) is 4.42 Å². The van der Waals surface area contributed by atoms with E-state index >= 15 is 0 Å². The zero-order valence-corrected chi connectivity index (χ0v) is 13.0. The molecule has 0 radical (unpaired) electrons. The lowest BCUT2D eigenvalue weighted by Gasteiger charge is -2.13. The summed E-state index contributed by atoms with van der Waals surface area (Å²) in [6.45, 7) is 4.60. The van der Waals surface area contributed by atoms with Crippen molar-refractivity contribution < 1.29 is 12.8 Å². The molecule has 0 spiro atoms. The van der Waals surface area contributed by atoms with Crippen LogP contribution in [0.5, 0.6) is 0 Å². The third-order valence-electron chi connectivity index (χ3n) is 2.99. The zero-order valence-electron chi connectivity index (χ0n) is 12.2. The van der Waals surface area contributed by atoms with Gasteiger partial charge in [0.05, 0.1) is 11.2 Å². The molecule has 6 heteroatoms. The van der Waals surface area contributed by atoms with E-state index in [1.54, 1.807) is 36.6 Å². The van der Waals surface area contributed by atoms with E-state index in [-0.39, 0.29) is 10.9 Å². The van der Waals surface area contributed by atoms with Gasteiger partial charge >= 0.3 is 0 Å². The lowest BCUT2D eigenvalue weighted by atomic mass is 10.2. The van der Waals surface area contributed by atoms with E-state index < -0.39 is 10.0 Å². The highest BCUT2D eigenvalue weighted by atomic mass is 32.2. The molecule has 0 saturated heterocycles. The van der Waals surface area contributed by atoms with Crippen molar-refractivity contribution in [2.75, 3.05) is 11.9 Å². The van der Waals surface area contributed by atoms with Crippen LogP contribution < -0.4 is 10.0 Å². The fourth-order valence-electron chi connectivity index (χ4n) is 2.06. The van der Waals surface area contributed by atoms with E-state index in [9.17, 15) is 8.42 Å². The highest BCUT2D eigenvalue weighted by molar-refractivity contribution is 7.89. The molecule has 1 atom stereocenters. The van der Waals surface area contributed by atoms with Gasteiger partial charge in [0, 0.05) is 24.7 Å². The van der Waals surface area contributed by atoms with Crippen LogP contribution in [0.2, 0.25) is 0 Å². The summed E-state index contributed by atoms with van der Waals surface area (Å²) in [4.78, 5) is 0.260. The molecule has 21 heavy (non-hydrogen) atoms. The van der Waals surface area contributed by atoms with Crippen LogP contribution in [0, 0.1) is 0 Å². The normalized spacial score (nSPS) is 13.0. The van der Waals surface area contributed by atoms with Crippen LogP contribution >= 0.6 is 0 Å². The van der Waals surface area contributed by atoms with Crippen molar-refractivity contribution in [3.05, 3.63) is 48.4 Å². The Hall–Kier alpha value is -1.79. The van der Waals surface area contributed by atoms with Crippen LogP contribution in [0.1, 0.15) is 19.6 Å². The molecule has 0 fully saturated rings. The van der Waals surface area contributed by atoms with Gasteiger partial charge in [0.2, 0.25) is 10.0 Å². The molecule has 0 amide bonds. The van der Waals surface area contributed by atoms with Gasteiger partial charge < -0.3 is 9.73 Å². The number of furan rings is 1. The quantitative estimate of drug-likeness (QED) is 0.825. The molecule has 1 aromatic carbocycles. The van der Waals surface area contributed by atoms with E-state index in [1.807, 2.05) is 19.9 Å². The van der Waals surface area contributed by atoms with Crippen molar-refractivity contribution in [1.82, 2.24) is 4.72 Å². The molecular weight excluding hydrogens is 288 g/mol. The van der Waals surface area contributed by atoms with Crippen LogP contribution in [-0.4, -0.2) is 21.0 Å². The first-order valence-corrected chi connectivity index (χ1v) is 8.38. The fourth-order valence-corrected chi connectivity index (χ4v) is 3.30. The van der Waals surface area contributed by atoms with Crippen molar-refractivity contribution in [3.63, 3.8) is 0 Å². The van der Waals surface area contributed by atoms with E-state index in [2.05, 4.69) is 10.0 Å². The number of anilines is 1. The predicted octanol–water partition coefficient (Wildman–Crippen LogP) is 2.62. The molecule has 1 unspecified atom stereocenters. The largest absolute Gasteiger partial charge is 0.469 e. The highest BCUT2D eigenvalue weighted by Crippen LogP contribution is 2.15. The molecule has 1 heterocycles. The topological polar surface area (TPSA) is 71.3 Å². The minimum absolute atomic E-state index is 0.241. The summed E-state index contributed by atoms with van der Waals surface area (Å²) in [5, 5.41) is 3.13. The minimum Gasteiger partial charge on any atom is -0.469 e. The van der Waals surface area contributed by atoms with Crippen LogP contribution in [0.15, 0.2) is 52.0 Å². The van der Waals surface area contributed by atoms with Crippen molar-refractivity contribution in [2.24, 2.45) is 0 Å². The summed E-state index contributed by atoms with van der Waals surface area (Å²) in [6.07, 6.45) is 2.09. The fraction of sp³-hybridized carbons (Fsp3) is 0.333. The number of rotatable bonds is 7. The molecule has 0 aliphatic heterocycles. The van der Waals surface area contributed by atoms with Gasteiger partial charge in [0.15, 0.2) is 0 Å². The first-order valence-electron chi connectivity index (χ1n) is 6.90. The molecule has 2 rings (SSSR count). The average molecular weight is 308 g/mol. The van der Waals surface area contributed by atoms with Crippen molar-refractivity contribution in [2.45, 2.75) is 31.2 Å². The van der Waals surface area contributed by atoms with Gasteiger partial charge in [-0.2, -0.15) is 0 Å². The molecule has 0 aliphatic rings. The Balaban J connectivity index is 2.03. The Morgan fingerprint density at radius 1 is 1.19 bits per heavy atom. The van der Waals surface area contributed by atoms with Gasteiger partial charge in [-0.25, -0.2) is 13.1 Å². The standard InChI is InChI=1S/C15H20N2O3S/c1-3-16-13-6-8-15(9-7-13)21(18,19)17-12(2)11-14-5-4-10-20-14/h4-10,12,16-17H,3,11H2,1-2H3. The molecule has 2 N–H and O–H groups in total. The average Bonchev–Trinajstić information content (AvgIpc) is 2.92. The van der Waals surface area contributed by atoms with Gasteiger partial charge in [0.25, 0.3) is 0 Å². The van der Waals surface area contributed by atoms with Crippen LogP contribution in [0.25, 0.3) is 0 Å². The smallest absolute Gasteiger partial charge is 0.240 e. The predicted molar refractivity (Wildman–Crippen MR) is 82.8 cm³/mol. The lowest BCUT2D eigenvalue weighted by Crippen LogP contribution is -2.34. The van der Waals surface area contributed by atoms with Crippen molar-refractivity contribution >= 4 is 15.7 Å². The third kappa shape index (κ3) is 4.34. The second-order valence-electron chi connectivity index (χ2n) is 4.86. The molecule has 0 saturated carbocycles. The molecular formula is C15H20N2O3S. The van der Waals surface area contributed by atoms with Crippen LogP contribution in [0.4, 0.5) is 5.69 Å². The van der Waals surface area contributed by atoms with E-state index in [1.165, 1.54) is 0 Å². The number of hydrogen-bond acceptors (Lipinski definition) is 4. The Bertz CT molecular complexity index is 649. The van der Waals surface area contributed by atoms with E-state index in [0.717, 1.165) is 18.0 Å². The molecule has 2 aromatic rings. The first-order chi connectivity index (χ1) is 10.0. The first kappa shape index (κ1) is 15.6. The van der Waals surface area contributed by atoms with Gasteiger partial charge in [-0.05, 0) is 50.2 Å². The molecule has 114 valence electrons. The molecule has 0 aliphatic carbocycles. The number of hydrogen-bond donors (Lipinski definition) is 2. The molecule has 0 bridgehead atoms. The molecule has 5 nitrogen and oxygen atoms in total. The monoisotopic (exact) mass is 308 g/mol. The Labute approximate surface area is 125 Å². The number of sulfonamides is 1. The maximum atomic E-state index is 12.3. The summed E-state index contributed by atoms with van der Waals surface area (Å²) >= 11 is 0. The second-order valence-corrected chi connectivity index (χ2v) is 6.57. The number of benzene rings is 1. The van der Waals surface area contributed by atoms with Gasteiger partial charge in [-0.1, -0.05) is 0 Å². The summed E-state index contributed by atoms with van der Waals surface area (Å²) in [5.41, 5.74) is 0.903. The second kappa shape index (κ2) is 6.78. The van der Waals surface area contributed by atoms with Crippen molar-refractivity contribution in [3.8, 4) is 0 Å². The Kier molecular flexibility index (Phi) is 5.03. The van der Waals surface area contributed by atoms with Gasteiger partial charge in [-0.3, -0.25) is 0 Å². The summed E-state index contributed by atoms with van der Waals surface area (Å²) in [7, 11) is -3.51. The highest BCUT2D eigenvalue weighted by Gasteiger charge is 2.18. The zero-order chi connectivity index (χ0) is 15.3. The van der Waals surface area contributed by atoms with Crippen LogP contribution in [-0.2, 0) is 16.4 Å². The molecule has 1 aromatic heterocycles. The van der Waals surface area contributed by atoms with E-state index in [0.29, 0.717) is 6.42 Å². The van der Waals surface area contributed by atoms with Gasteiger partial charge in [-0.15, -0.1) is 0 Å². The lowest BCUT2D eigenvalue weighted by molar-refractivity contribution is 0.479. The maximum Gasteiger partial charge on any atom is 0.240 e. The Morgan fingerprint density at radius 2 is 1.90 bits per heavy atom. The summed E-state index contributed by atoms with van der Waals surface area (Å²) in [5.74, 6) is 0.757. The van der Waals surface area contributed by atoms with Crippen molar-refractivity contribution in [1.29, 1.82) is 0 Å². The maximum absolute atomic E-state index is 12.3. The summed E-state index contributed by atoms with van der Waals surface area (Å²) in [6, 6.07) is 10.1. The Morgan fingerprint density at radius 3 is 2.48 bits per heavy atom. The SMILES string of the molecule is CCNc1ccc(S(=O)(=O)NC(C)Cc2ccco2)cc1.